The number of nitrogens with one attached hydrogen (secondary N) is 1. The summed E-state index contributed by atoms with van der Waals surface area (Å²) in [6.07, 6.45) is 0.503. The highest BCUT2D eigenvalue weighted by Gasteiger charge is 2.42. The fourth-order valence-electron chi connectivity index (χ4n) is 1.57. The molecule has 6 nitrogen and oxygen atoms in total. The molecule has 2 amide bonds. The number of hydrazine groups is 1. The number of likely N-dealkylation sites (tertiary alicyclic amines) is 1. The lowest BCUT2D eigenvalue weighted by Crippen LogP contribution is -2.46. The summed E-state index contributed by atoms with van der Waals surface area (Å²) in [6.45, 7) is 2.42. The molecule has 15 heavy (non-hydrogen) atoms. The smallest absolute Gasteiger partial charge is 0.331 e. The Kier molecular flexibility index (Phi) is 3.18. The molecule has 1 unspecified atom stereocenters. The molecule has 1 heterocycles. The zero-order valence-electron chi connectivity index (χ0n) is 9.28. The van der Waals surface area contributed by atoms with Crippen LogP contribution in [0.1, 0.15) is 13.3 Å². The van der Waals surface area contributed by atoms with Gasteiger partial charge in [-0.05, 0) is 13.3 Å². The third-order valence-electron chi connectivity index (χ3n) is 2.60. The van der Waals surface area contributed by atoms with E-state index in [1.807, 2.05) is 0 Å². The lowest BCUT2D eigenvalue weighted by molar-refractivity contribution is -0.147. The van der Waals surface area contributed by atoms with Crippen LogP contribution >= 0.6 is 0 Å². The Bertz CT molecular complexity index is 280. The van der Waals surface area contributed by atoms with Crippen LogP contribution in [0.4, 0.5) is 4.79 Å². The molecule has 1 aliphatic heterocycles. The average Bonchev–Trinajstić information content (AvgIpc) is 2.48. The van der Waals surface area contributed by atoms with Crippen LogP contribution in [0, 0.1) is 5.41 Å². The van der Waals surface area contributed by atoms with E-state index in [4.69, 9.17) is 5.11 Å². The highest BCUT2D eigenvalue weighted by molar-refractivity contribution is 5.79. The van der Waals surface area contributed by atoms with E-state index < -0.39 is 11.4 Å². The van der Waals surface area contributed by atoms with E-state index in [9.17, 15) is 9.59 Å². The molecule has 1 atom stereocenters. The summed E-state index contributed by atoms with van der Waals surface area (Å²) in [6, 6.07) is -0.245. The third kappa shape index (κ3) is 2.59. The van der Waals surface area contributed by atoms with E-state index >= 15 is 0 Å². The molecule has 1 rings (SSSR count). The van der Waals surface area contributed by atoms with Gasteiger partial charge in [-0.2, -0.15) is 0 Å². The Balaban J connectivity index is 2.56. The first-order valence-corrected chi connectivity index (χ1v) is 4.81. The van der Waals surface area contributed by atoms with Crippen molar-refractivity contribution in [3.8, 4) is 0 Å². The van der Waals surface area contributed by atoms with Crippen molar-refractivity contribution in [2.75, 3.05) is 27.2 Å². The Labute approximate surface area is 88.8 Å². The molecular formula is C9H17N3O3. The third-order valence-corrected chi connectivity index (χ3v) is 2.60. The number of rotatable bonds is 2. The fourth-order valence-corrected chi connectivity index (χ4v) is 1.57. The SMILES string of the molecule is CN(C)NC(=O)N1CCC(C)(C(=O)O)C1. The Hall–Kier alpha value is -1.30. The van der Waals surface area contributed by atoms with Crippen LogP contribution in [-0.2, 0) is 4.79 Å². The molecule has 1 fully saturated rings. The molecule has 0 saturated carbocycles. The fraction of sp³-hybridized carbons (Fsp3) is 0.778. The molecule has 1 aliphatic rings. The zero-order valence-corrected chi connectivity index (χ0v) is 9.28. The Morgan fingerprint density at radius 3 is 2.47 bits per heavy atom. The number of urea groups is 1. The second-order valence-corrected chi connectivity index (χ2v) is 4.35. The van der Waals surface area contributed by atoms with Crippen molar-refractivity contribution in [2.45, 2.75) is 13.3 Å². The highest BCUT2D eigenvalue weighted by atomic mass is 16.4. The van der Waals surface area contributed by atoms with E-state index in [1.165, 1.54) is 4.90 Å². The number of hydrogen-bond donors (Lipinski definition) is 2. The number of nitrogens with zero attached hydrogens (tertiary/aromatic N) is 2. The molecule has 2 N–H and O–H groups in total. The highest BCUT2D eigenvalue weighted by Crippen LogP contribution is 2.29. The van der Waals surface area contributed by atoms with Crippen LogP contribution in [-0.4, -0.2) is 54.2 Å². The van der Waals surface area contributed by atoms with E-state index in [2.05, 4.69) is 5.43 Å². The molecule has 0 aliphatic carbocycles. The molecular weight excluding hydrogens is 198 g/mol. The van der Waals surface area contributed by atoms with Gasteiger partial charge in [0.2, 0.25) is 0 Å². The van der Waals surface area contributed by atoms with Gasteiger partial charge >= 0.3 is 12.0 Å². The number of amides is 2. The minimum Gasteiger partial charge on any atom is -0.481 e. The Morgan fingerprint density at radius 1 is 1.47 bits per heavy atom. The van der Waals surface area contributed by atoms with E-state index in [1.54, 1.807) is 26.0 Å². The standard InChI is InChI=1S/C9H17N3O3/c1-9(7(13)14)4-5-12(6-9)8(15)10-11(2)3/h4-6H2,1-3H3,(H,10,15)(H,13,14). The van der Waals surface area contributed by atoms with Crippen molar-refractivity contribution < 1.29 is 14.7 Å². The first-order chi connectivity index (χ1) is 6.85. The summed E-state index contributed by atoms with van der Waals surface area (Å²) in [7, 11) is 3.43. The topological polar surface area (TPSA) is 72.9 Å². The summed E-state index contributed by atoms with van der Waals surface area (Å²) in [5, 5.41) is 10.5. The van der Waals surface area contributed by atoms with Crippen LogP contribution in [0.2, 0.25) is 0 Å². The summed E-state index contributed by atoms with van der Waals surface area (Å²) in [5.41, 5.74) is 1.79. The van der Waals surface area contributed by atoms with Gasteiger partial charge in [0, 0.05) is 27.2 Å². The van der Waals surface area contributed by atoms with Gasteiger partial charge in [0.05, 0.1) is 5.41 Å². The molecule has 0 aromatic carbocycles. The van der Waals surface area contributed by atoms with Gasteiger partial charge in [-0.15, -0.1) is 0 Å². The predicted molar refractivity (Wildman–Crippen MR) is 54.2 cm³/mol. The first-order valence-electron chi connectivity index (χ1n) is 4.81. The number of carbonyl (C=O) groups is 2. The largest absolute Gasteiger partial charge is 0.481 e. The van der Waals surface area contributed by atoms with Crippen molar-refractivity contribution in [1.29, 1.82) is 0 Å². The molecule has 86 valence electrons. The summed E-state index contributed by atoms with van der Waals surface area (Å²) in [4.78, 5) is 24.0. The maximum Gasteiger partial charge on any atom is 0.331 e. The molecule has 0 aromatic heterocycles. The molecule has 0 radical (unpaired) electrons. The van der Waals surface area contributed by atoms with E-state index in [0.29, 0.717) is 13.0 Å². The zero-order chi connectivity index (χ0) is 11.6. The predicted octanol–water partition coefficient (Wildman–Crippen LogP) is -0.0308. The monoisotopic (exact) mass is 215 g/mol. The van der Waals surface area contributed by atoms with Gasteiger partial charge < -0.3 is 10.0 Å². The molecule has 0 bridgehead atoms. The van der Waals surface area contributed by atoms with Crippen molar-refractivity contribution in [3.63, 3.8) is 0 Å². The van der Waals surface area contributed by atoms with E-state index in [0.717, 1.165) is 0 Å². The molecule has 0 aromatic rings. The summed E-state index contributed by atoms with van der Waals surface area (Å²) >= 11 is 0. The van der Waals surface area contributed by atoms with Gasteiger partial charge in [0.25, 0.3) is 0 Å². The van der Waals surface area contributed by atoms with Crippen molar-refractivity contribution in [1.82, 2.24) is 15.3 Å². The number of hydrogen-bond acceptors (Lipinski definition) is 3. The van der Waals surface area contributed by atoms with Gasteiger partial charge in [-0.3, -0.25) is 10.2 Å². The van der Waals surface area contributed by atoms with Crippen LogP contribution in [0.5, 0.6) is 0 Å². The summed E-state index contributed by atoms with van der Waals surface area (Å²) in [5.74, 6) is -0.845. The lowest BCUT2D eigenvalue weighted by atomic mass is 9.90. The van der Waals surface area contributed by atoms with Crippen molar-refractivity contribution >= 4 is 12.0 Å². The minimum absolute atomic E-state index is 0.245. The normalized spacial score (nSPS) is 25.7. The van der Waals surface area contributed by atoms with E-state index in [-0.39, 0.29) is 12.6 Å². The molecule has 6 heteroatoms. The average molecular weight is 215 g/mol. The second-order valence-electron chi connectivity index (χ2n) is 4.35. The van der Waals surface area contributed by atoms with Crippen molar-refractivity contribution in [3.05, 3.63) is 0 Å². The summed E-state index contributed by atoms with van der Waals surface area (Å²) < 4.78 is 0. The maximum absolute atomic E-state index is 11.5. The quantitative estimate of drug-likeness (QED) is 0.634. The van der Waals surface area contributed by atoms with Gasteiger partial charge in [-0.25, -0.2) is 9.80 Å². The molecule has 1 saturated heterocycles. The van der Waals surface area contributed by atoms with Gasteiger partial charge in [-0.1, -0.05) is 0 Å². The molecule has 0 spiro atoms. The van der Waals surface area contributed by atoms with Crippen LogP contribution in [0.3, 0.4) is 0 Å². The number of aliphatic carboxylic acids is 1. The number of carbonyl (C=O) groups excluding carboxylic acids is 1. The van der Waals surface area contributed by atoms with Crippen LogP contribution < -0.4 is 5.43 Å². The Morgan fingerprint density at radius 2 is 2.07 bits per heavy atom. The van der Waals surface area contributed by atoms with Gasteiger partial charge in [0.15, 0.2) is 0 Å². The van der Waals surface area contributed by atoms with Gasteiger partial charge in [0.1, 0.15) is 0 Å². The van der Waals surface area contributed by atoms with Crippen molar-refractivity contribution in [2.24, 2.45) is 5.41 Å². The minimum atomic E-state index is -0.845. The second kappa shape index (κ2) is 4.06. The number of carboxylic acid groups (broad SMARTS) is 1. The lowest BCUT2D eigenvalue weighted by Gasteiger charge is -2.22. The number of carboxylic acids is 1. The van der Waals surface area contributed by atoms with Crippen LogP contribution in [0.25, 0.3) is 0 Å². The first kappa shape index (κ1) is 11.8. The maximum atomic E-state index is 11.5. The van der Waals surface area contributed by atoms with Crippen LogP contribution in [0.15, 0.2) is 0 Å².